The second-order valence-corrected chi connectivity index (χ2v) is 11.0. The van der Waals surface area contributed by atoms with Gasteiger partial charge in [0.2, 0.25) is 17.4 Å². The summed E-state index contributed by atoms with van der Waals surface area (Å²) >= 11 is 0. The lowest BCUT2D eigenvalue weighted by Crippen LogP contribution is -2.19. The molecule has 1 amide bonds. The third-order valence-corrected chi connectivity index (χ3v) is 7.74. The maximum Gasteiger partial charge on any atom is 0.246 e. The number of imidazole rings is 1. The summed E-state index contributed by atoms with van der Waals surface area (Å²) < 4.78 is 23.5. The van der Waals surface area contributed by atoms with Crippen molar-refractivity contribution in [2.24, 2.45) is 0 Å². The van der Waals surface area contributed by atoms with E-state index < -0.39 is 0 Å². The van der Waals surface area contributed by atoms with Gasteiger partial charge in [0.1, 0.15) is 17.9 Å². The number of aromatic amines is 1. The second kappa shape index (κ2) is 12.7. The molecule has 7 aromatic rings. The fourth-order valence-electron chi connectivity index (χ4n) is 5.25. The molecule has 0 saturated carbocycles. The van der Waals surface area contributed by atoms with E-state index in [1.165, 1.54) is 4.68 Å². The summed E-state index contributed by atoms with van der Waals surface area (Å²) in [7, 11) is 4.66. The molecule has 0 saturated heterocycles. The van der Waals surface area contributed by atoms with Crippen LogP contribution in [0, 0.1) is 6.92 Å². The molecule has 0 spiro atoms. The van der Waals surface area contributed by atoms with Crippen LogP contribution in [0.4, 0.5) is 5.69 Å². The van der Waals surface area contributed by atoms with Crippen molar-refractivity contribution >= 4 is 22.8 Å². The standard InChI is InChI=1S/C35H30N8O5/c1-20-5-7-22(8-6-20)28-18-43(42-40-28)19-32(44)37-25-11-9-21(10-12-25)24-13-27-34(36-17-24)39-35(38-27)31-16-26(41-48-31)23-14-29(45-2)33(47-4)30(15-23)46-3/h5-18H,19H2,1-4H3,(H,37,44)(H,36,38,39). The first-order valence-corrected chi connectivity index (χ1v) is 14.9. The summed E-state index contributed by atoms with van der Waals surface area (Å²) in [5.41, 5.74) is 7.82. The number of methoxy groups -OCH3 is 3. The second-order valence-electron chi connectivity index (χ2n) is 11.0. The normalized spacial score (nSPS) is 11.1. The van der Waals surface area contributed by atoms with Gasteiger partial charge in [-0.25, -0.2) is 14.6 Å². The number of nitrogens with one attached hydrogen (secondary N) is 2. The molecule has 3 aromatic carbocycles. The van der Waals surface area contributed by atoms with Crippen LogP contribution in [0.3, 0.4) is 0 Å². The zero-order chi connectivity index (χ0) is 33.2. The average molecular weight is 643 g/mol. The lowest BCUT2D eigenvalue weighted by atomic mass is 10.1. The van der Waals surface area contributed by atoms with Gasteiger partial charge in [-0.3, -0.25) is 4.79 Å². The molecular weight excluding hydrogens is 612 g/mol. The third kappa shape index (κ3) is 6.03. The van der Waals surface area contributed by atoms with E-state index in [2.05, 4.69) is 35.7 Å². The lowest BCUT2D eigenvalue weighted by molar-refractivity contribution is -0.116. The molecule has 0 unspecified atom stereocenters. The number of pyridine rings is 1. The van der Waals surface area contributed by atoms with Crippen molar-refractivity contribution in [3.8, 4) is 62.5 Å². The summed E-state index contributed by atoms with van der Waals surface area (Å²) in [6, 6.07) is 22.8. The number of carbonyl (C=O) groups excluding carboxylic acids is 1. The van der Waals surface area contributed by atoms with Crippen LogP contribution in [0.25, 0.3) is 56.4 Å². The van der Waals surface area contributed by atoms with Crippen LogP contribution in [0.5, 0.6) is 17.2 Å². The van der Waals surface area contributed by atoms with Crippen LogP contribution in [0.1, 0.15) is 5.56 Å². The highest BCUT2D eigenvalue weighted by Crippen LogP contribution is 2.41. The fraction of sp³-hybridized carbons (Fsp3) is 0.143. The Morgan fingerprint density at radius 2 is 1.58 bits per heavy atom. The van der Waals surface area contributed by atoms with Crippen molar-refractivity contribution < 1.29 is 23.5 Å². The van der Waals surface area contributed by atoms with E-state index in [-0.39, 0.29) is 12.5 Å². The number of aryl methyl sites for hydroxylation is 1. The van der Waals surface area contributed by atoms with Gasteiger partial charge in [-0.2, -0.15) is 0 Å². The van der Waals surface area contributed by atoms with E-state index in [9.17, 15) is 4.79 Å². The van der Waals surface area contributed by atoms with E-state index >= 15 is 0 Å². The van der Waals surface area contributed by atoms with Gasteiger partial charge in [-0.15, -0.1) is 5.10 Å². The minimum absolute atomic E-state index is 0.0402. The molecule has 0 aliphatic rings. The molecule has 0 atom stereocenters. The minimum Gasteiger partial charge on any atom is -0.493 e. The maximum atomic E-state index is 12.7. The fourth-order valence-corrected chi connectivity index (χ4v) is 5.25. The van der Waals surface area contributed by atoms with Gasteiger partial charge in [0, 0.05) is 34.6 Å². The molecule has 7 rings (SSSR count). The molecule has 4 heterocycles. The Kier molecular flexibility index (Phi) is 7.99. The first-order chi connectivity index (χ1) is 23.4. The quantitative estimate of drug-likeness (QED) is 0.177. The van der Waals surface area contributed by atoms with Crippen LogP contribution in [-0.4, -0.2) is 62.3 Å². The Morgan fingerprint density at radius 3 is 2.29 bits per heavy atom. The molecule has 0 aliphatic carbocycles. The number of anilines is 1. The van der Waals surface area contributed by atoms with Gasteiger partial charge in [-0.05, 0) is 42.8 Å². The highest BCUT2D eigenvalue weighted by Gasteiger charge is 2.18. The van der Waals surface area contributed by atoms with Crippen molar-refractivity contribution in [3.05, 3.63) is 90.8 Å². The molecular formula is C35H30N8O5. The molecule has 13 nitrogen and oxygen atoms in total. The summed E-state index contributed by atoms with van der Waals surface area (Å²) in [5, 5.41) is 15.4. The van der Waals surface area contributed by atoms with Gasteiger partial charge in [0.25, 0.3) is 0 Å². The van der Waals surface area contributed by atoms with Gasteiger partial charge >= 0.3 is 0 Å². The van der Waals surface area contributed by atoms with Crippen LogP contribution < -0.4 is 19.5 Å². The number of H-pyrrole nitrogens is 1. The summed E-state index contributed by atoms with van der Waals surface area (Å²) in [5.74, 6) is 2.21. The first kappa shape index (κ1) is 30.2. The van der Waals surface area contributed by atoms with Crippen molar-refractivity contribution in [1.82, 2.24) is 35.1 Å². The summed E-state index contributed by atoms with van der Waals surface area (Å²) in [4.78, 5) is 25.1. The van der Waals surface area contributed by atoms with Crippen molar-refractivity contribution in [3.63, 3.8) is 0 Å². The zero-order valence-corrected chi connectivity index (χ0v) is 26.5. The minimum atomic E-state index is -0.211. The Labute approximate surface area is 274 Å². The highest BCUT2D eigenvalue weighted by atomic mass is 16.5. The summed E-state index contributed by atoms with van der Waals surface area (Å²) in [6.45, 7) is 2.07. The van der Waals surface area contributed by atoms with Crippen LogP contribution in [0.15, 0.2) is 89.7 Å². The predicted molar refractivity (Wildman–Crippen MR) is 179 cm³/mol. The SMILES string of the molecule is COc1cc(-c2cc(-c3nc4ncc(-c5ccc(NC(=O)Cn6cc(-c7ccc(C)cc7)nn6)cc5)cc4[nH]3)on2)cc(OC)c1OC. The molecule has 2 N–H and O–H groups in total. The monoisotopic (exact) mass is 642 g/mol. The predicted octanol–water partition coefficient (Wildman–Crippen LogP) is 6.18. The Balaban J connectivity index is 1.03. The van der Waals surface area contributed by atoms with E-state index in [4.69, 9.17) is 18.7 Å². The number of amides is 1. The molecule has 0 bridgehead atoms. The molecule has 0 radical (unpaired) electrons. The summed E-state index contributed by atoms with van der Waals surface area (Å²) in [6.07, 6.45) is 3.51. The smallest absolute Gasteiger partial charge is 0.246 e. The van der Waals surface area contributed by atoms with Crippen LogP contribution >= 0.6 is 0 Å². The average Bonchev–Trinajstić information content (AvgIpc) is 3.88. The van der Waals surface area contributed by atoms with Crippen molar-refractivity contribution in [2.45, 2.75) is 13.5 Å². The van der Waals surface area contributed by atoms with Gasteiger partial charge in [0.15, 0.2) is 23.0 Å². The van der Waals surface area contributed by atoms with Crippen molar-refractivity contribution in [1.29, 1.82) is 0 Å². The topological polar surface area (TPSA) is 155 Å². The largest absolute Gasteiger partial charge is 0.493 e. The van der Waals surface area contributed by atoms with Gasteiger partial charge in [0.05, 0.1) is 33.0 Å². The highest BCUT2D eigenvalue weighted by molar-refractivity contribution is 5.91. The van der Waals surface area contributed by atoms with E-state index in [0.29, 0.717) is 51.6 Å². The maximum absolute atomic E-state index is 12.7. The molecule has 0 aliphatic heterocycles. The number of hydrogen-bond acceptors (Lipinski definition) is 10. The molecule has 240 valence electrons. The number of carbonyl (C=O) groups is 1. The van der Waals surface area contributed by atoms with Crippen molar-refractivity contribution in [2.75, 3.05) is 26.6 Å². The molecule has 4 aromatic heterocycles. The molecule has 13 heteroatoms. The van der Waals surface area contributed by atoms with Gasteiger partial charge in [-0.1, -0.05) is 52.3 Å². The number of rotatable bonds is 10. The molecule has 0 fully saturated rings. The Morgan fingerprint density at radius 1 is 0.854 bits per heavy atom. The van der Waals surface area contributed by atoms with E-state index in [1.54, 1.807) is 51.9 Å². The van der Waals surface area contributed by atoms with E-state index in [1.807, 2.05) is 61.5 Å². The number of hydrogen-bond donors (Lipinski definition) is 2. The first-order valence-electron chi connectivity index (χ1n) is 14.9. The zero-order valence-electron chi connectivity index (χ0n) is 26.5. The van der Waals surface area contributed by atoms with Crippen LogP contribution in [0.2, 0.25) is 0 Å². The Bertz CT molecular complexity index is 2210. The van der Waals surface area contributed by atoms with Gasteiger partial charge < -0.3 is 29.0 Å². The number of ether oxygens (including phenoxy) is 3. The van der Waals surface area contributed by atoms with E-state index in [0.717, 1.165) is 33.3 Å². The third-order valence-electron chi connectivity index (χ3n) is 7.74. The number of aromatic nitrogens is 7. The number of fused-ring (bicyclic) bond motifs is 1. The lowest BCUT2D eigenvalue weighted by Gasteiger charge is -2.13. The van der Waals surface area contributed by atoms with Crippen LogP contribution in [-0.2, 0) is 11.3 Å². The molecule has 48 heavy (non-hydrogen) atoms. The Hall–Kier alpha value is -6.50. The number of benzene rings is 3. The number of nitrogens with zero attached hydrogens (tertiary/aromatic N) is 6.